The second kappa shape index (κ2) is 5.65. The van der Waals surface area contributed by atoms with E-state index in [0.29, 0.717) is 0 Å². The first-order chi connectivity index (χ1) is 8.07. The van der Waals surface area contributed by atoms with E-state index in [2.05, 4.69) is 10.0 Å². The average Bonchev–Trinajstić information content (AvgIpc) is 2.85. The van der Waals surface area contributed by atoms with Crippen LogP contribution in [0.15, 0.2) is 0 Å². The lowest BCUT2D eigenvalue weighted by molar-refractivity contribution is 0.0902. The van der Waals surface area contributed by atoms with Crippen molar-refractivity contribution in [2.24, 2.45) is 0 Å². The Morgan fingerprint density at radius 3 is 2.82 bits per heavy atom. The van der Waals surface area contributed by atoms with E-state index in [1.165, 1.54) is 0 Å². The van der Waals surface area contributed by atoms with Gasteiger partial charge in [-0.15, -0.1) is 0 Å². The highest BCUT2D eigenvalue weighted by atomic mass is 32.2. The molecule has 100 valence electrons. The molecule has 5 nitrogen and oxygen atoms in total. The van der Waals surface area contributed by atoms with Gasteiger partial charge in [-0.05, 0) is 39.2 Å². The minimum absolute atomic E-state index is 0.0429. The van der Waals surface area contributed by atoms with Gasteiger partial charge in [0.05, 0.1) is 11.9 Å². The van der Waals surface area contributed by atoms with Crippen molar-refractivity contribution in [1.82, 2.24) is 10.0 Å². The molecular weight excluding hydrogens is 240 g/mol. The maximum atomic E-state index is 11.9. The Bertz CT molecular complexity index is 333. The molecule has 3 unspecified atom stereocenters. The molecule has 0 aliphatic carbocycles. The summed E-state index contributed by atoms with van der Waals surface area (Å²) in [6, 6.07) is -0.00639. The van der Waals surface area contributed by atoms with E-state index in [0.717, 1.165) is 38.8 Å². The number of ether oxygens (including phenoxy) is 1. The topological polar surface area (TPSA) is 67.4 Å². The summed E-state index contributed by atoms with van der Waals surface area (Å²) in [6.45, 7) is 3.57. The first-order valence-electron chi connectivity index (χ1n) is 6.42. The molecule has 6 heteroatoms. The lowest BCUT2D eigenvalue weighted by Crippen LogP contribution is -2.44. The summed E-state index contributed by atoms with van der Waals surface area (Å²) in [5, 5.41) is 3.21. The van der Waals surface area contributed by atoms with E-state index in [1.807, 2.05) is 6.92 Å². The minimum Gasteiger partial charge on any atom is -0.377 e. The van der Waals surface area contributed by atoms with E-state index in [-0.39, 0.29) is 23.9 Å². The van der Waals surface area contributed by atoms with Crippen LogP contribution in [0.5, 0.6) is 0 Å². The molecule has 2 saturated heterocycles. The maximum absolute atomic E-state index is 11.9. The third-order valence-electron chi connectivity index (χ3n) is 3.47. The van der Waals surface area contributed by atoms with E-state index in [1.54, 1.807) is 0 Å². The molecular formula is C11H22N2O3S. The van der Waals surface area contributed by atoms with Gasteiger partial charge < -0.3 is 10.1 Å². The lowest BCUT2D eigenvalue weighted by Gasteiger charge is -2.21. The predicted octanol–water partition coefficient (Wildman–Crippen LogP) is 0.225. The van der Waals surface area contributed by atoms with E-state index in [4.69, 9.17) is 4.74 Å². The zero-order chi connectivity index (χ0) is 12.3. The Hall–Kier alpha value is -0.170. The highest BCUT2D eigenvalue weighted by molar-refractivity contribution is 7.89. The summed E-state index contributed by atoms with van der Waals surface area (Å²) in [5.41, 5.74) is 0. The van der Waals surface area contributed by atoms with E-state index < -0.39 is 10.0 Å². The molecule has 2 aliphatic heterocycles. The largest absolute Gasteiger partial charge is 0.377 e. The highest BCUT2D eigenvalue weighted by Crippen LogP contribution is 2.16. The first kappa shape index (κ1) is 13.3. The van der Waals surface area contributed by atoms with Gasteiger partial charge in [-0.1, -0.05) is 0 Å². The summed E-state index contributed by atoms with van der Waals surface area (Å²) >= 11 is 0. The summed E-state index contributed by atoms with van der Waals surface area (Å²) in [7, 11) is -3.19. The van der Waals surface area contributed by atoms with Gasteiger partial charge in [0.1, 0.15) is 0 Å². The molecule has 0 aromatic rings. The standard InChI is InChI=1S/C11H22N2O3S/c1-9(11-5-3-7-16-11)13-17(14,15)8-10-4-2-6-12-10/h9-13H,2-8H2,1H3. The van der Waals surface area contributed by atoms with Crippen LogP contribution >= 0.6 is 0 Å². The Balaban J connectivity index is 1.82. The van der Waals surface area contributed by atoms with Crippen molar-refractivity contribution in [2.45, 2.75) is 50.8 Å². The normalized spacial score (nSPS) is 31.8. The minimum atomic E-state index is -3.19. The molecule has 2 N–H and O–H groups in total. The maximum Gasteiger partial charge on any atom is 0.213 e. The molecule has 17 heavy (non-hydrogen) atoms. The van der Waals surface area contributed by atoms with Gasteiger partial charge >= 0.3 is 0 Å². The van der Waals surface area contributed by atoms with Crippen molar-refractivity contribution < 1.29 is 13.2 Å². The third kappa shape index (κ3) is 3.91. The van der Waals surface area contributed by atoms with Crippen molar-refractivity contribution in [2.75, 3.05) is 18.9 Å². The van der Waals surface area contributed by atoms with Gasteiger partial charge in [-0.3, -0.25) is 0 Å². The van der Waals surface area contributed by atoms with Crippen LogP contribution in [0, 0.1) is 0 Å². The van der Waals surface area contributed by atoms with E-state index >= 15 is 0 Å². The molecule has 0 aromatic carbocycles. The van der Waals surface area contributed by atoms with Crippen molar-refractivity contribution in [3.05, 3.63) is 0 Å². The van der Waals surface area contributed by atoms with Crippen LogP contribution in [-0.2, 0) is 14.8 Å². The molecule has 0 radical (unpaired) electrons. The van der Waals surface area contributed by atoms with Gasteiger partial charge in [-0.2, -0.15) is 0 Å². The molecule has 3 atom stereocenters. The monoisotopic (exact) mass is 262 g/mol. The number of rotatable bonds is 5. The van der Waals surface area contributed by atoms with Crippen LogP contribution in [-0.4, -0.2) is 45.5 Å². The predicted molar refractivity (Wildman–Crippen MR) is 66.4 cm³/mol. The molecule has 2 rings (SSSR count). The molecule has 0 aromatic heterocycles. The van der Waals surface area contributed by atoms with Crippen LogP contribution in [0.2, 0.25) is 0 Å². The smallest absolute Gasteiger partial charge is 0.213 e. The van der Waals surface area contributed by atoms with Crippen LogP contribution in [0.25, 0.3) is 0 Å². The summed E-state index contributed by atoms with van der Waals surface area (Å²) in [5.74, 6) is 0.185. The van der Waals surface area contributed by atoms with Gasteiger partial charge in [0.15, 0.2) is 0 Å². The Labute approximate surface area is 103 Å². The molecule has 0 spiro atoms. The summed E-state index contributed by atoms with van der Waals surface area (Å²) in [4.78, 5) is 0. The van der Waals surface area contributed by atoms with E-state index in [9.17, 15) is 8.42 Å². The third-order valence-corrected chi connectivity index (χ3v) is 5.04. The van der Waals surface area contributed by atoms with Crippen LogP contribution in [0.3, 0.4) is 0 Å². The van der Waals surface area contributed by atoms with Crippen LogP contribution < -0.4 is 10.0 Å². The summed E-state index contributed by atoms with van der Waals surface area (Å²) in [6.07, 6.45) is 4.05. The van der Waals surface area contributed by atoms with Crippen molar-refractivity contribution in [3.63, 3.8) is 0 Å². The lowest BCUT2D eigenvalue weighted by atomic mass is 10.1. The number of hydrogen-bond acceptors (Lipinski definition) is 4. The Kier molecular flexibility index (Phi) is 4.41. The van der Waals surface area contributed by atoms with Gasteiger partial charge in [0, 0.05) is 18.7 Å². The number of nitrogens with one attached hydrogen (secondary N) is 2. The van der Waals surface area contributed by atoms with Crippen molar-refractivity contribution in [1.29, 1.82) is 0 Å². The number of hydrogen-bond donors (Lipinski definition) is 2. The van der Waals surface area contributed by atoms with Crippen molar-refractivity contribution >= 4 is 10.0 Å². The average molecular weight is 262 g/mol. The molecule has 0 bridgehead atoms. The fourth-order valence-corrected chi connectivity index (χ4v) is 4.20. The fourth-order valence-electron chi connectivity index (χ4n) is 2.57. The summed E-state index contributed by atoms with van der Waals surface area (Å²) < 4.78 is 32.1. The molecule has 2 heterocycles. The second-order valence-electron chi connectivity index (χ2n) is 5.03. The first-order valence-corrected chi connectivity index (χ1v) is 8.07. The molecule has 0 saturated carbocycles. The SMILES string of the molecule is CC(NS(=O)(=O)CC1CCCN1)C1CCCO1. The zero-order valence-electron chi connectivity index (χ0n) is 10.3. The molecule has 2 fully saturated rings. The van der Waals surface area contributed by atoms with Crippen LogP contribution in [0.1, 0.15) is 32.6 Å². The van der Waals surface area contributed by atoms with Crippen molar-refractivity contribution in [3.8, 4) is 0 Å². The second-order valence-corrected chi connectivity index (χ2v) is 6.83. The zero-order valence-corrected chi connectivity index (χ0v) is 11.1. The Morgan fingerprint density at radius 2 is 2.24 bits per heavy atom. The quantitative estimate of drug-likeness (QED) is 0.744. The van der Waals surface area contributed by atoms with Gasteiger partial charge in [0.2, 0.25) is 10.0 Å². The Morgan fingerprint density at radius 1 is 1.41 bits per heavy atom. The van der Waals surface area contributed by atoms with Gasteiger partial charge in [-0.25, -0.2) is 13.1 Å². The molecule has 2 aliphatic rings. The number of sulfonamides is 1. The van der Waals surface area contributed by atoms with Gasteiger partial charge in [0.25, 0.3) is 0 Å². The van der Waals surface area contributed by atoms with Crippen LogP contribution in [0.4, 0.5) is 0 Å². The highest BCUT2D eigenvalue weighted by Gasteiger charge is 2.28. The molecule has 0 amide bonds. The fraction of sp³-hybridized carbons (Fsp3) is 1.00.